The number of anilines is 2. The van der Waals surface area contributed by atoms with Gasteiger partial charge < -0.3 is 30.5 Å². The van der Waals surface area contributed by atoms with Crippen LogP contribution in [0.15, 0.2) is 42.4 Å². The highest BCUT2D eigenvalue weighted by atomic mass is 16.5. The summed E-state index contributed by atoms with van der Waals surface area (Å²) >= 11 is 0. The fourth-order valence-corrected chi connectivity index (χ4v) is 5.98. The van der Waals surface area contributed by atoms with Crippen molar-refractivity contribution in [3.8, 4) is 11.1 Å². The first-order valence-electron chi connectivity index (χ1n) is 14.0. The van der Waals surface area contributed by atoms with E-state index < -0.39 is 0 Å². The largest absolute Gasteiger partial charge is 0.382 e. The van der Waals surface area contributed by atoms with Gasteiger partial charge in [-0.1, -0.05) is 26.8 Å². The molecule has 3 fully saturated rings. The molecule has 1 aromatic heterocycles. The van der Waals surface area contributed by atoms with E-state index in [0.29, 0.717) is 5.41 Å². The molecule has 3 N–H and O–H groups in total. The second kappa shape index (κ2) is 10.2. The summed E-state index contributed by atoms with van der Waals surface area (Å²) in [7, 11) is 0. The molecule has 2 aromatic rings. The van der Waals surface area contributed by atoms with E-state index in [1.807, 2.05) is 12.4 Å². The zero-order valence-corrected chi connectivity index (χ0v) is 22.8. The minimum atomic E-state index is 0.0339. The lowest BCUT2D eigenvalue weighted by molar-refractivity contribution is -0.116. The number of amides is 1. The van der Waals surface area contributed by atoms with Crippen LogP contribution in [-0.2, 0) is 9.53 Å². The number of rotatable bonds is 5. The molecule has 0 radical (unpaired) electrons. The van der Waals surface area contributed by atoms with Crippen molar-refractivity contribution in [3.05, 3.63) is 47.9 Å². The number of pyridine rings is 1. The third-order valence-corrected chi connectivity index (χ3v) is 7.93. The van der Waals surface area contributed by atoms with Gasteiger partial charge in [0.25, 0.3) is 5.91 Å². The van der Waals surface area contributed by atoms with Crippen LogP contribution >= 0.6 is 0 Å². The molecule has 0 saturated carbocycles. The van der Waals surface area contributed by atoms with Crippen molar-refractivity contribution in [2.24, 2.45) is 5.41 Å². The van der Waals surface area contributed by atoms with Gasteiger partial charge in [0.1, 0.15) is 0 Å². The van der Waals surface area contributed by atoms with E-state index in [0.717, 1.165) is 105 Å². The molecule has 6 rings (SSSR count). The molecule has 38 heavy (non-hydrogen) atoms. The number of morpholine rings is 1. The van der Waals surface area contributed by atoms with Gasteiger partial charge in [0, 0.05) is 74.0 Å². The third kappa shape index (κ3) is 5.52. The standard InChI is InChI=1S/C30H40N6O2/c1-30(2,3)19-35-8-6-22(7-9-35)33-29(37)27-24-15-20(4-5-25(24)32-18-26-28(27)34-26)21-14-23(17-31-16-21)36-10-12-38-13-11-36/h4-5,14-17,22,26,32,34H,6-13,18-19H2,1-3H3,(H,33,37). The second-order valence-corrected chi connectivity index (χ2v) is 12.2. The summed E-state index contributed by atoms with van der Waals surface area (Å²) in [4.78, 5) is 23.1. The van der Waals surface area contributed by atoms with Crippen LogP contribution in [0, 0.1) is 5.41 Å². The highest BCUT2D eigenvalue weighted by Crippen LogP contribution is 2.38. The highest BCUT2D eigenvalue weighted by molar-refractivity contribution is 6.23. The molecule has 1 aromatic carbocycles. The van der Waals surface area contributed by atoms with Crippen LogP contribution in [0.2, 0.25) is 0 Å². The lowest BCUT2D eigenvalue weighted by Crippen LogP contribution is -2.46. The molecule has 4 aliphatic rings. The Kier molecular flexibility index (Phi) is 6.78. The maximum absolute atomic E-state index is 13.8. The Balaban J connectivity index is 1.22. The summed E-state index contributed by atoms with van der Waals surface area (Å²) in [6, 6.07) is 9.00. The number of aromatic nitrogens is 1. The Hall–Kier alpha value is -3.10. The number of likely N-dealkylation sites (tertiary alicyclic amines) is 1. The summed E-state index contributed by atoms with van der Waals surface area (Å²) in [6.45, 7) is 14.0. The number of fused-ring (bicyclic) bond motifs is 2. The number of nitrogens with one attached hydrogen (secondary N) is 3. The van der Waals surface area contributed by atoms with Crippen molar-refractivity contribution in [3.63, 3.8) is 0 Å². The minimum absolute atomic E-state index is 0.0339. The lowest BCUT2D eigenvalue weighted by atomic mass is 9.93. The van der Waals surface area contributed by atoms with E-state index in [-0.39, 0.29) is 18.0 Å². The van der Waals surface area contributed by atoms with E-state index >= 15 is 0 Å². The fraction of sp³-hybridized carbons (Fsp3) is 0.533. The van der Waals surface area contributed by atoms with Crippen molar-refractivity contribution in [2.45, 2.75) is 45.7 Å². The topological polar surface area (TPSA) is 91.7 Å². The van der Waals surface area contributed by atoms with Crippen molar-refractivity contribution in [1.82, 2.24) is 20.5 Å². The van der Waals surface area contributed by atoms with Crippen molar-refractivity contribution >= 4 is 22.9 Å². The summed E-state index contributed by atoms with van der Waals surface area (Å²) in [5.41, 5.74) is 7.33. The van der Waals surface area contributed by atoms with Gasteiger partial charge in [-0.05, 0) is 42.0 Å². The second-order valence-electron chi connectivity index (χ2n) is 12.2. The molecule has 0 aliphatic carbocycles. The predicted molar refractivity (Wildman–Crippen MR) is 152 cm³/mol. The quantitative estimate of drug-likeness (QED) is 0.525. The van der Waals surface area contributed by atoms with Gasteiger partial charge in [-0.15, -0.1) is 0 Å². The van der Waals surface area contributed by atoms with Crippen LogP contribution in [0.3, 0.4) is 0 Å². The highest BCUT2D eigenvalue weighted by Gasteiger charge is 2.39. The molecule has 1 amide bonds. The van der Waals surface area contributed by atoms with Crippen LogP contribution in [-0.4, -0.2) is 80.4 Å². The molecule has 5 heterocycles. The number of hydrogen-bond acceptors (Lipinski definition) is 7. The summed E-state index contributed by atoms with van der Waals surface area (Å²) in [6.07, 6.45) is 5.82. The molecule has 1 unspecified atom stereocenters. The molecule has 1 atom stereocenters. The number of benzene rings is 1. The molecule has 0 spiro atoms. The SMILES string of the molecule is CC(C)(C)CN1CCC(NC(=O)C2=C3NC3CNc3ccc(-c4cncc(N5CCOCC5)c4)cc32)CC1. The van der Waals surface area contributed by atoms with Crippen LogP contribution < -0.4 is 20.9 Å². The van der Waals surface area contributed by atoms with E-state index in [9.17, 15) is 4.79 Å². The van der Waals surface area contributed by atoms with Gasteiger partial charge in [-0.2, -0.15) is 0 Å². The van der Waals surface area contributed by atoms with E-state index in [1.165, 1.54) is 0 Å². The first-order chi connectivity index (χ1) is 18.3. The normalized spacial score (nSPS) is 22.1. The van der Waals surface area contributed by atoms with E-state index in [1.54, 1.807) is 0 Å². The van der Waals surface area contributed by atoms with Crippen LogP contribution in [0.4, 0.5) is 11.4 Å². The van der Waals surface area contributed by atoms with Crippen molar-refractivity contribution in [2.75, 3.05) is 62.7 Å². The molecule has 8 heteroatoms. The van der Waals surface area contributed by atoms with Gasteiger partial charge in [0.15, 0.2) is 0 Å². The molecule has 8 nitrogen and oxygen atoms in total. The number of ether oxygens (including phenoxy) is 1. The number of hydrogen-bond donors (Lipinski definition) is 3. The molecular formula is C30H40N6O2. The van der Waals surface area contributed by atoms with Crippen LogP contribution in [0.25, 0.3) is 16.7 Å². The zero-order valence-electron chi connectivity index (χ0n) is 22.8. The van der Waals surface area contributed by atoms with Crippen LogP contribution in [0.1, 0.15) is 39.2 Å². The zero-order chi connectivity index (χ0) is 26.3. The van der Waals surface area contributed by atoms with Gasteiger partial charge >= 0.3 is 0 Å². The smallest absolute Gasteiger partial charge is 0.254 e. The van der Waals surface area contributed by atoms with Gasteiger partial charge in [-0.25, -0.2) is 0 Å². The van der Waals surface area contributed by atoms with Crippen LogP contribution in [0.5, 0.6) is 0 Å². The Morgan fingerprint density at radius 2 is 1.87 bits per heavy atom. The van der Waals surface area contributed by atoms with Gasteiger partial charge in [0.05, 0.1) is 36.7 Å². The average Bonchev–Trinajstić information content (AvgIpc) is 3.69. The first kappa shape index (κ1) is 25.2. The summed E-state index contributed by atoms with van der Waals surface area (Å²) in [5, 5.41) is 10.4. The van der Waals surface area contributed by atoms with E-state index in [2.05, 4.69) is 75.8 Å². The maximum Gasteiger partial charge on any atom is 0.254 e. The monoisotopic (exact) mass is 516 g/mol. The Morgan fingerprint density at radius 1 is 1.08 bits per heavy atom. The number of carbonyl (C=O) groups is 1. The van der Waals surface area contributed by atoms with Gasteiger partial charge in [-0.3, -0.25) is 9.78 Å². The Morgan fingerprint density at radius 3 is 2.63 bits per heavy atom. The number of nitrogens with zero attached hydrogens (tertiary/aromatic N) is 3. The molecule has 3 saturated heterocycles. The minimum Gasteiger partial charge on any atom is -0.382 e. The number of carbonyl (C=O) groups excluding carboxylic acids is 1. The van der Waals surface area contributed by atoms with Crippen molar-refractivity contribution in [1.29, 1.82) is 0 Å². The average molecular weight is 517 g/mol. The predicted octanol–water partition coefficient (Wildman–Crippen LogP) is 3.32. The molecule has 4 aliphatic heterocycles. The Bertz CT molecular complexity index is 1220. The van der Waals surface area contributed by atoms with E-state index in [4.69, 9.17) is 4.74 Å². The first-order valence-corrected chi connectivity index (χ1v) is 14.0. The Labute approximate surface area is 225 Å². The number of piperidine rings is 1. The van der Waals surface area contributed by atoms with Gasteiger partial charge in [0.2, 0.25) is 0 Å². The molecular weight excluding hydrogens is 476 g/mol. The lowest BCUT2D eigenvalue weighted by Gasteiger charge is -2.36. The third-order valence-electron chi connectivity index (χ3n) is 7.93. The maximum atomic E-state index is 13.8. The summed E-state index contributed by atoms with van der Waals surface area (Å²) < 4.78 is 5.52. The molecule has 202 valence electrons. The summed E-state index contributed by atoms with van der Waals surface area (Å²) in [5.74, 6) is 0.0339. The molecule has 0 bridgehead atoms. The van der Waals surface area contributed by atoms with Crippen molar-refractivity contribution < 1.29 is 9.53 Å². The fourth-order valence-electron chi connectivity index (χ4n) is 5.98.